The standard InChI is InChI=1S/C19H34O2Si/c1-18(2,3)13-19(4,5)15-10-11-16(21-14-20-6)17(12-15)22(7,8)9/h10-12H,13-14H2,1-9H3. The molecule has 0 aromatic heterocycles. The minimum atomic E-state index is -1.48. The fourth-order valence-corrected chi connectivity index (χ4v) is 4.70. The van der Waals surface area contributed by atoms with Crippen LogP contribution in [-0.4, -0.2) is 22.0 Å². The molecule has 1 aromatic carbocycles. The number of hydrogen-bond donors (Lipinski definition) is 0. The Balaban J connectivity index is 3.24. The van der Waals surface area contributed by atoms with E-state index in [2.05, 4.69) is 72.5 Å². The summed E-state index contributed by atoms with van der Waals surface area (Å²) in [6, 6.07) is 6.73. The summed E-state index contributed by atoms with van der Waals surface area (Å²) in [7, 11) is 0.184. The van der Waals surface area contributed by atoms with Crippen molar-refractivity contribution in [1.29, 1.82) is 0 Å². The highest BCUT2D eigenvalue weighted by atomic mass is 28.3. The van der Waals surface area contributed by atoms with Crippen molar-refractivity contribution in [3.05, 3.63) is 23.8 Å². The first-order valence-electron chi connectivity index (χ1n) is 8.13. The van der Waals surface area contributed by atoms with Crippen molar-refractivity contribution < 1.29 is 9.47 Å². The molecule has 0 radical (unpaired) electrons. The lowest BCUT2D eigenvalue weighted by Gasteiger charge is -2.34. The van der Waals surface area contributed by atoms with Gasteiger partial charge in [-0.1, -0.05) is 66.4 Å². The van der Waals surface area contributed by atoms with Gasteiger partial charge in [0.1, 0.15) is 5.75 Å². The first kappa shape index (κ1) is 19.2. The van der Waals surface area contributed by atoms with Crippen molar-refractivity contribution in [2.75, 3.05) is 13.9 Å². The third kappa shape index (κ3) is 5.44. The Morgan fingerprint density at radius 1 is 1.00 bits per heavy atom. The molecule has 0 aliphatic heterocycles. The lowest BCUT2D eigenvalue weighted by atomic mass is 9.72. The van der Waals surface area contributed by atoms with Gasteiger partial charge in [0, 0.05) is 7.11 Å². The van der Waals surface area contributed by atoms with Gasteiger partial charge in [0.05, 0.1) is 8.07 Å². The van der Waals surface area contributed by atoms with E-state index in [0.717, 1.165) is 12.2 Å². The monoisotopic (exact) mass is 322 g/mol. The molecule has 22 heavy (non-hydrogen) atoms. The molecule has 0 amide bonds. The molecular formula is C19H34O2Si. The van der Waals surface area contributed by atoms with E-state index in [4.69, 9.17) is 9.47 Å². The van der Waals surface area contributed by atoms with Crippen molar-refractivity contribution in [2.45, 2.75) is 66.1 Å². The molecule has 1 aromatic rings. The van der Waals surface area contributed by atoms with Gasteiger partial charge >= 0.3 is 0 Å². The van der Waals surface area contributed by atoms with Crippen LogP contribution >= 0.6 is 0 Å². The van der Waals surface area contributed by atoms with Crippen molar-refractivity contribution in [3.63, 3.8) is 0 Å². The molecule has 0 spiro atoms. The third-order valence-electron chi connectivity index (χ3n) is 3.87. The topological polar surface area (TPSA) is 18.5 Å². The average molecular weight is 323 g/mol. The van der Waals surface area contributed by atoms with E-state index in [1.165, 1.54) is 10.8 Å². The molecule has 2 nitrogen and oxygen atoms in total. The van der Waals surface area contributed by atoms with Gasteiger partial charge in [-0.3, -0.25) is 0 Å². The fraction of sp³-hybridized carbons (Fsp3) is 0.684. The van der Waals surface area contributed by atoms with Gasteiger partial charge in [-0.05, 0) is 34.1 Å². The molecule has 0 aliphatic rings. The zero-order valence-corrected chi connectivity index (χ0v) is 17.0. The van der Waals surface area contributed by atoms with Crippen LogP contribution in [0.5, 0.6) is 5.75 Å². The average Bonchev–Trinajstić information content (AvgIpc) is 2.32. The Labute approximate surface area is 138 Å². The molecule has 3 heteroatoms. The van der Waals surface area contributed by atoms with Crippen LogP contribution in [0.25, 0.3) is 0 Å². The summed E-state index contributed by atoms with van der Waals surface area (Å²) in [4.78, 5) is 0. The van der Waals surface area contributed by atoms with Crippen LogP contribution in [0.15, 0.2) is 18.2 Å². The first-order valence-corrected chi connectivity index (χ1v) is 11.6. The maximum absolute atomic E-state index is 5.79. The Morgan fingerprint density at radius 3 is 2.05 bits per heavy atom. The maximum atomic E-state index is 5.79. The molecular weight excluding hydrogens is 288 g/mol. The summed E-state index contributed by atoms with van der Waals surface area (Å²) in [5.41, 5.74) is 1.88. The number of rotatable bonds is 6. The van der Waals surface area contributed by atoms with E-state index in [1.807, 2.05) is 0 Å². The van der Waals surface area contributed by atoms with Crippen LogP contribution in [0.1, 0.15) is 46.6 Å². The lowest BCUT2D eigenvalue weighted by molar-refractivity contribution is 0.0518. The molecule has 1 rings (SSSR count). The van der Waals surface area contributed by atoms with Crippen molar-refractivity contribution in [2.24, 2.45) is 5.41 Å². The number of methoxy groups -OCH3 is 1. The second kappa shape index (κ2) is 6.75. The second-order valence-electron chi connectivity index (χ2n) is 9.13. The minimum Gasteiger partial charge on any atom is -0.468 e. The Hall–Kier alpha value is -0.803. The zero-order chi connectivity index (χ0) is 17.2. The van der Waals surface area contributed by atoms with Crippen molar-refractivity contribution >= 4 is 13.3 Å². The normalized spacial score (nSPS) is 13.3. The summed E-state index contributed by atoms with van der Waals surface area (Å²) in [6.07, 6.45) is 1.16. The van der Waals surface area contributed by atoms with Gasteiger partial charge in [0.25, 0.3) is 0 Å². The van der Waals surface area contributed by atoms with Gasteiger partial charge in [-0.15, -0.1) is 0 Å². The Bertz CT molecular complexity index is 493. The van der Waals surface area contributed by atoms with Crippen molar-refractivity contribution in [1.82, 2.24) is 0 Å². The predicted molar refractivity (Wildman–Crippen MR) is 99.0 cm³/mol. The van der Waals surface area contributed by atoms with Crippen LogP contribution in [-0.2, 0) is 10.2 Å². The van der Waals surface area contributed by atoms with Gasteiger partial charge in [0.2, 0.25) is 0 Å². The fourth-order valence-electron chi connectivity index (χ4n) is 3.21. The zero-order valence-electron chi connectivity index (χ0n) is 16.0. The second-order valence-corrected chi connectivity index (χ2v) is 14.2. The van der Waals surface area contributed by atoms with E-state index in [9.17, 15) is 0 Å². The smallest absolute Gasteiger partial charge is 0.188 e. The summed E-state index contributed by atoms with van der Waals surface area (Å²) in [5.74, 6) is 0.983. The number of hydrogen-bond acceptors (Lipinski definition) is 2. The summed E-state index contributed by atoms with van der Waals surface area (Å²) in [6.45, 7) is 19.0. The van der Waals surface area contributed by atoms with Crippen LogP contribution in [0, 0.1) is 5.41 Å². The van der Waals surface area contributed by atoms with Crippen LogP contribution in [0.2, 0.25) is 19.6 Å². The molecule has 0 saturated carbocycles. The first-order chi connectivity index (χ1) is 9.87. The maximum Gasteiger partial charge on any atom is 0.188 e. The molecule has 0 atom stereocenters. The molecule has 0 saturated heterocycles. The largest absolute Gasteiger partial charge is 0.468 e. The highest BCUT2D eigenvalue weighted by Crippen LogP contribution is 2.36. The van der Waals surface area contributed by atoms with Gasteiger partial charge in [-0.25, -0.2) is 0 Å². The van der Waals surface area contributed by atoms with Crippen LogP contribution in [0.3, 0.4) is 0 Å². The molecule has 0 bridgehead atoms. The number of benzene rings is 1. The third-order valence-corrected chi connectivity index (χ3v) is 5.88. The molecule has 0 heterocycles. The number of ether oxygens (including phenoxy) is 2. The SMILES string of the molecule is COCOc1ccc(C(C)(C)CC(C)(C)C)cc1[Si](C)(C)C. The van der Waals surface area contributed by atoms with Crippen LogP contribution < -0.4 is 9.92 Å². The van der Waals surface area contributed by atoms with Gasteiger partial charge < -0.3 is 9.47 Å². The van der Waals surface area contributed by atoms with E-state index < -0.39 is 8.07 Å². The Morgan fingerprint density at radius 2 is 1.59 bits per heavy atom. The highest BCUT2D eigenvalue weighted by Gasteiger charge is 2.30. The van der Waals surface area contributed by atoms with Crippen molar-refractivity contribution in [3.8, 4) is 5.75 Å². The predicted octanol–water partition coefficient (Wildman–Crippen LogP) is 4.93. The van der Waals surface area contributed by atoms with E-state index >= 15 is 0 Å². The van der Waals surface area contributed by atoms with E-state index in [1.54, 1.807) is 7.11 Å². The molecule has 0 aliphatic carbocycles. The minimum absolute atomic E-state index is 0.159. The van der Waals surface area contributed by atoms with E-state index in [0.29, 0.717) is 12.2 Å². The molecule has 0 unspecified atom stereocenters. The highest BCUT2D eigenvalue weighted by molar-refractivity contribution is 6.89. The summed E-state index contributed by atoms with van der Waals surface area (Å²) >= 11 is 0. The van der Waals surface area contributed by atoms with Gasteiger partial charge in [-0.2, -0.15) is 0 Å². The van der Waals surface area contributed by atoms with E-state index in [-0.39, 0.29) is 5.41 Å². The summed E-state index contributed by atoms with van der Waals surface area (Å²) < 4.78 is 10.9. The van der Waals surface area contributed by atoms with Crippen LogP contribution in [0.4, 0.5) is 0 Å². The summed E-state index contributed by atoms with van der Waals surface area (Å²) in [5, 5.41) is 1.38. The Kier molecular flexibility index (Phi) is 5.91. The molecule has 126 valence electrons. The quantitative estimate of drug-likeness (QED) is 0.546. The molecule has 0 N–H and O–H groups in total. The molecule has 0 fully saturated rings. The lowest BCUT2D eigenvalue weighted by Crippen LogP contribution is -2.40. The van der Waals surface area contributed by atoms with Gasteiger partial charge in [0.15, 0.2) is 6.79 Å².